The second-order valence-electron chi connectivity index (χ2n) is 11.7. The molecule has 3 atom stereocenters. The van der Waals surface area contributed by atoms with Crippen LogP contribution in [-0.2, 0) is 39.9 Å². The van der Waals surface area contributed by atoms with Crippen LogP contribution < -0.4 is 5.32 Å². The molecule has 9 nitrogen and oxygen atoms in total. The molecule has 1 spiro atoms. The summed E-state index contributed by atoms with van der Waals surface area (Å²) in [5.41, 5.74) is 5.53. The number of rotatable bonds is 10. The molecule has 3 aromatic rings. The number of halogens is 1. The van der Waals surface area contributed by atoms with Gasteiger partial charge < -0.3 is 29.0 Å². The number of carbonyl (C=O) groups excluding carboxylic acids is 3. The van der Waals surface area contributed by atoms with Gasteiger partial charge in [0.25, 0.3) is 0 Å². The second-order valence-corrected chi connectivity index (χ2v) is 12.6. The number of fused-ring (bicyclic) bond motifs is 3. The average Bonchev–Trinajstić information content (AvgIpc) is 3.36. The van der Waals surface area contributed by atoms with Gasteiger partial charge in [0, 0.05) is 23.2 Å². The van der Waals surface area contributed by atoms with Gasteiger partial charge in [-0.3, -0.25) is 9.59 Å². The first-order valence-electron chi connectivity index (χ1n) is 15.3. The largest absolute Gasteiger partial charge is 0.462 e. The SMILES string of the molecule is O=C1C[C@@H](COCc2ccc(Br)cc2)O[C@@]2(CCC[C@@H](COC(=O)CNC(=O)OCC3c4ccccc4-c4ccccc43)O2)C1. The summed E-state index contributed by atoms with van der Waals surface area (Å²) in [4.78, 5) is 37.5. The van der Waals surface area contributed by atoms with Crippen molar-refractivity contribution in [1.82, 2.24) is 5.32 Å². The zero-order chi connectivity index (χ0) is 31.2. The van der Waals surface area contributed by atoms with Gasteiger partial charge in [-0.05, 0) is 52.8 Å². The van der Waals surface area contributed by atoms with E-state index in [-0.39, 0.29) is 50.9 Å². The van der Waals surface area contributed by atoms with Crippen LogP contribution in [0, 0.1) is 0 Å². The molecular formula is C35H36BrNO8. The molecule has 1 aliphatic carbocycles. The fourth-order valence-electron chi connectivity index (χ4n) is 6.38. The summed E-state index contributed by atoms with van der Waals surface area (Å²) < 4.78 is 30.3. The van der Waals surface area contributed by atoms with E-state index >= 15 is 0 Å². The van der Waals surface area contributed by atoms with Gasteiger partial charge >= 0.3 is 12.1 Å². The molecule has 2 saturated heterocycles. The summed E-state index contributed by atoms with van der Waals surface area (Å²) in [6.07, 6.45) is 0.907. The molecule has 2 fully saturated rings. The van der Waals surface area contributed by atoms with Crippen molar-refractivity contribution in [1.29, 1.82) is 0 Å². The fraction of sp³-hybridized carbons (Fsp3) is 0.400. The minimum absolute atomic E-state index is 0.00473. The van der Waals surface area contributed by atoms with E-state index in [4.69, 9.17) is 23.7 Å². The molecule has 2 aliphatic heterocycles. The van der Waals surface area contributed by atoms with Crippen molar-refractivity contribution < 1.29 is 38.1 Å². The van der Waals surface area contributed by atoms with Gasteiger partial charge in [-0.1, -0.05) is 76.6 Å². The Balaban J connectivity index is 0.926. The van der Waals surface area contributed by atoms with Crippen LogP contribution in [0.5, 0.6) is 0 Å². The minimum Gasteiger partial charge on any atom is -0.462 e. The zero-order valence-corrected chi connectivity index (χ0v) is 26.5. The number of ether oxygens (including phenoxy) is 5. The van der Waals surface area contributed by atoms with Gasteiger partial charge in [0.05, 0.1) is 31.8 Å². The Kier molecular flexibility index (Phi) is 9.94. The van der Waals surface area contributed by atoms with Crippen molar-refractivity contribution in [3.63, 3.8) is 0 Å². The van der Waals surface area contributed by atoms with Crippen molar-refractivity contribution in [3.05, 3.63) is 94.0 Å². The molecule has 10 heteroatoms. The maximum atomic E-state index is 12.6. The Morgan fingerprint density at radius 2 is 1.56 bits per heavy atom. The smallest absolute Gasteiger partial charge is 0.407 e. The topological polar surface area (TPSA) is 109 Å². The third kappa shape index (κ3) is 7.81. The highest BCUT2D eigenvalue weighted by molar-refractivity contribution is 9.10. The Labute approximate surface area is 270 Å². The van der Waals surface area contributed by atoms with Crippen molar-refractivity contribution in [2.75, 3.05) is 26.4 Å². The molecule has 0 saturated carbocycles. The standard InChI is InChI=1S/C35H36BrNO8/c36-24-13-11-23(12-14-24)19-41-20-27-16-25(38)17-35(45-27)15-5-6-26(44-35)21-42-33(39)18-37-34(40)43-22-32-30-9-3-1-7-28(30)29-8-2-4-10-31(29)32/h1-4,7-14,26-27,32H,5-6,15-22H2,(H,37,40)/t26-,27-,35-/m0/s1. The number of nitrogens with one attached hydrogen (secondary N) is 1. The summed E-state index contributed by atoms with van der Waals surface area (Å²) >= 11 is 3.42. The van der Waals surface area contributed by atoms with Gasteiger partial charge in [0.15, 0.2) is 5.79 Å². The Hall–Kier alpha value is -3.57. The molecule has 6 rings (SSSR count). The molecule has 0 unspecified atom stereocenters. The number of esters is 1. The predicted molar refractivity (Wildman–Crippen MR) is 168 cm³/mol. The molecular weight excluding hydrogens is 642 g/mol. The summed E-state index contributed by atoms with van der Waals surface area (Å²) in [6.45, 7) is 0.504. The van der Waals surface area contributed by atoms with Crippen LogP contribution in [0.3, 0.4) is 0 Å². The quantitative estimate of drug-likeness (QED) is 0.258. The number of Topliss-reactive ketones (excluding diaryl/α,β-unsaturated/α-hetero) is 1. The van der Waals surface area contributed by atoms with Crippen molar-refractivity contribution in [2.45, 2.75) is 62.6 Å². The third-order valence-corrected chi connectivity index (χ3v) is 8.93. The van der Waals surface area contributed by atoms with Crippen LogP contribution in [0.25, 0.3) is 11.1 Å². The van der Waals surface area contributed by atoms with Crippen LogP contribution in [0.15, 0.2) is 77.3 Å². The molecule has 0 bridgehead atoms. The highest BCUT2D eigenvalue weighted by atomic mass is 79.9. The van der Waals surface area contributed by atoms with E-state index in [1.54, 1.807) is 0 Å². The molecule has 0 radical (unpaired) electrons. The monoisotopic (exact) mass is 677 g/mol. The normalized spacial score (nSPS) is 22.5. The lowest BCUT2D eigenvalue weighted by Gasteiger charge is -2.45. The van der Waals surface area contributed by atoms with Crippen molar-refractivity contribution in [3.8, 4) is 11.1 Å². The highest BCUT2D eigenvalue weighted by Gasteiger charge is 2.46. The maximum Gasteiger partial charge on any atom is 0.407 e. The Bertz CT molecular complexity index is 1480. The lowest BCUT2D eigenvalue weighted by Crippen LogP contribution is -2.52. The van der Waals surface area contributed by atoms with Crippen molar-refractivity contribution >= 4 is 33.8 Å². The van der Waals surface area contributed by atoms with Gasteiger partial charge in [-0.2, -0.15) is 0 Å². The number of amides is 1. The van der Waals surface area contributed by atoms with Crippen LogP contribution >= 0.6 is 15.9 Å². The van der Waals surface area contributed by atoms with E-state index in [0.717, 1.165) is 38.7 Å². The molecule has 1 amide bonds. The number of hydrogen-bond acceptors (Lipinski definition) is 8. The van der Waals surface area contributed by atoms with E-state index in [2.05, 4.69) is 33.4 Å². The van der Waals surface area contributed by atoms with Gasteiger partial charge in [0.1, 0.15) is 25.5 Å². The first-order chi connectivity index (χ1) is 21.9. The summed E-state index contributed by atoms with van der Waals surface area (Å²) in [5, 5.41) is 2.48. The fourth-order valence-corrected chi connectivity index (χ4v) is 6.65. The molecule has 3 aliphatic rings. The lowest BCUT2D eigenvalue weighted by molar-refractivity contribution is -0.313. The Morgan fingerprint density at radius 1 is 0.867 bits per heavy atom. The van der Waals surface area contributed by atoms with E-state index in [0.29, 0.717) is 19.4 Å². The van der Waals surface area contributed by atoms with Crippen LogP contribution in [0.1, 0.15) is 54.7 Å². The predicted octanol–water partition coefficient (Wildman–Crippen LogP) is 6.06. The molecule has 3 aromatic carbocycles. The molecule has 2 heterocycles. The number of alkyl carbamates (subject to hydrolysis) is 1. The van der Waals surface area contributed by atoms with E-state index in [9.17, 15) is 14.4 Å². The van der Waals surface area contributed by atoms with Crippen LogP contribution in [-0.4, -0.2) is 62.2 Å². The second kappa shape index (κ2) is 14.2. The highest BCUT2D eigenvalue weighted by Crippen LogP contribution is 2.44. The number of benzene rings is 3. The first kappa shape index (κ1) is 31.4. The average molecular weight is 679 g/mol. The maximum absolute atomic E-state index is 12.6. The molecule has 236 valence electrons. The Morgan fingerprint density at radius 3 is 2.29 bits per heavy atom. The van der Waals surface area contributed by atoms with Crippen molar-refractivity contribution in [2.24, 2.45) is 0 Å². The number of ketones is 1. The summed E-state index contributed by atoms with van der Waals surface area (Å²) in [7, 11) is 0. The van der Waals surface area contributed by atoms with Gasteiger partial charge in [0.2, 0.25) is 0 Å². The summed E-state index contributed by atoms with van der Waals surface area (Å²) in [5.74, 6) is -1.66. The molecule has 0 aromatic heterocycles. The van der Waals surface area contributed by atoms with E-state index < -0.39 is 30.1 Å². The molecule has 1 N–H and O–H groups in total. The van der Waals surface area contributed by atoms with E-state index in [1.807, 2.05) is 60.7 Å². The minimum atomic E-state index is -1.05. The first-order valence-corrected chi connectivity index (χ1v) is 16.1. The van der Waals surface area contributed by atoms with Gasteiger partial charge in [-0.25, -0.2) is 4.79 Å². The van der Waals surface area contributed by atoms with Crippen LogP contribution in [0.2, 0.25) is 0 Å². The number of carbonyl (C=O) groups is 3. The summed E-state index contributed by atoms with van der Waals surface area (Å²) in [6, 6.07) is 24.0. The van der Waals surface area contributed by atoms with Crippen LogP contribution in [0.4, 0.5) is 4.79 Å². The van der Waals surface area contributed by atoms with E-state index in [1.165, 1.54) is 0 Å². The third-order valence-electron chi connectivity index (χ3n) is 8.41. The zero-order valence-electron chi connectivity index (χ0n) is 24.9. The lowest BCUT2D eigenvalue weighted by atomic mass is 9.92. The number of hydrogen-bond donors (Lipinski definition) is 1. The van der Waals surface area contributed by atoms with Gasteiger partial charge in [-0.15, -0.1) is 0 Å². The molecule has 45 heavy (non-hydrogen) atoms.